The largest absolute Gasteiger partial charge is 0.505 e. The van der Waals surface area contributed by atoms with E-state index >= 15 is 0 Å². The van der Waals surface area contributed by atoms with Crippen LogP contribution in [0.4, 0.5) is 10.1 Å². The molecule has 2 aromatic rings. The van der Waals surface area contributed by atoms with Gasteiger partial charge in [0.1, 0.15) is 0 Å². The van der Waals surface area contributed by atoms with Crippen LogP contribution in [0.3, 0.4) is 0 Å². The first-order valence-electron chi connectivity index (χ1n) is 13.0. The minimum atomic E-state index is -0.651. The molecule has 2 fully saturated rings. The number of hydrogen-bond acceptors (Lipinski definition) is 5. The van der Waals surface area contributed by atoms with Crippen LogP contribution >= 0.6 is 0 Å². The fourth-order valence-corrected chi connectivity index (χ4v) is 6.21. The lowest BCUT2D eigenvalue weighted by Crippen LogP contribution is -2.35. The van der Waals surface area contributed by atoms with Crippen molar-refractivity contribution in [2.75, 3.05) is 18.1 Å². The number of fused-ring (bicyclic) bond motifs is 3. The van der Waals surface area contributed by atoms with Gasteiger partial charge in [-0.15, -0.1) is 0 Å². The van der Waals surface area contributed by atoms with Crippen LogP contribution < -0.4 is 4.90 Å². The molecule has 2 aliphatic heterocycles. The van der Waals surface area contributed by atoms with Crippen LogP contribution in [0.25, 0.3) is 6.08 Å². The number of nitrogens with zero attached hydrogens (tertiary/aromatic N) is 1. The smallest absolute Gasteiger partial charge is 0.238 e. The molecule has 0 bridgehead atoms. The van der Waals surface area contributed by atoms with E-state index in [1.165, 1.54) is 17.0 Å². The van der Waals surface area contributed by atoms with Crippen molar-refractivity contribution < 1.29 is 28.9 Å². The molecule has 5 rings (SSSR count). The van der Waals surface area contributed by atoms with Crippen LogP contribution in [-0.2, 0) is 14.3 Å². The number of aliphatic hydroxyl groups excluding tert-OH is 1. The Morgan fingerprint density at radius 1 is 1.11 bits per heavy atom. The SMILES string of the molecule is CCC/C(=C\c1ccc(O)c(F)c1)CC[C@H]1OC[C@H]2C1=C(CO)C[C@H]1C(=O)N(c3ccccc3)C(=O)[C@H]12. The van der Waals surface area contributed by atoms with Gasteiger partial charge in [-0.2, -0.15) is 0 Å². The highest BCUT2D eigenvalue weighted by Gasteiger charge is 2.57. The minimum absolute atomic E-state index is 0.161. The quantitative estimate of drug-likeness (QED) is 0.389. The van der Waals surface area contributed by atoms with Gasteiger partial charge >= 0.3 is 0 Å². The maximum Gasteiger partial charge on any atom is 0.238 e. The molecule has 0 aromatic heterocycles. The molecule has 0 radical (unpaired) electrons. The van der Waals surface area contributed by atoms with Gasteiger partial charge in [0.2, 0.25) is 11.8 Å². The third kappa shape index (κ3) is 4.74. The minimum Gasteiger partial charge on any atom is -0.505 e. The number of carbonyl (C=O) groups is 2. The van der Waals surface area contributed by atoms with Gasteiger partial charge in [-0.3, -0.25) is 14.5 Å². The number of halogens is 1. The number of carbonyl (C=O) groups excluding carboxylic acids is 2. The average Bonchev–Trinajstić information content (AvgIpc) is 3.43. The van der Waals surface area contributed by atoms with Gasteiger partial charge in [0.25, 0.3) is 0 Å². The number of rotatable bonds is 8. The molecule has 2 heterocycles. The van der Waals surface area contributed by atoms with Crippen molar-refractivity contribution in [2.24, 2.45) is 17.8 Å². The van der Waals surface area contributed by atoms with E-state index in [1.807, 2.05) is 24.3 Å². The third-order valence-corrected chi connectivity index (χ3v) is 7.85. The second-order valence-electron chi connectivity index (χ2n) is 10.1. The second-order valence-corrected chi connectivity index (χ2v) is 10.1. The highest BCUT2D eigenvalue weighted by Crippen LogP contribution is 2.50. The summed E-state index contributed by atoms with van der Waals surface area (Å²) in [4.78, 5) is 28.1. The summed E-state index contributed by atoms with van der Waals surface area (Å²) in [6, 6.07) is 13.4. The summed E-state index contributed by atoms with van der Waals surface area (Å²) in [6.45, 7) is 2.27. The van der Waals surface area contributed by atoms with Gasteiger partial charge in [-0.05, 0) is 66.7 Å². The highest BCUT2D eigenvalue weighted by atomic mass is 19.1. The van der Waals surface area contributed by atoms with Crippen LogP contribution in [0.2, 0.25) is 0 Å². The van der Waals surface area contributed by atoms with Gasteiger partial charge in [0.05, 0.1) is 36.8 Å². The number of aliphatic hydroxyl groups is 1. The van der Waals surface area contributed by atoms with E-state index in [2.05, 4.69) is 6.92 Å². The molecule has 3 aliphatic rings. The first-order chi connectivity index (χ1) is 17.9. The fourth-order valence-electron chi connectivity index (χ4n) is 6.21. The third-order valence-electron chi connectivity index (χ3n) is 7.85. The average molecular weight is 506 g/mol. The van der Waals surface area contributed by atoms with Crippen LogP contribution in [0.5, 0.6) is 5.75 Å². The normalized spacial score (nSPS) is 25.6. The molecule has 0 saturated carbocycles. The predicted octanol–water partition coefficient (Wildman–Crippen LogP) is 5.01. The molecule has 1 aliphatic carbocycles. The lowest BCUT2D eigenvalue weighted by atomic mass is 9.69. The van der Waals surface area contributed by atoms with Gasteiger partial charge < -0.3 is 14.9 Å². The molecule has 2 amide bonds. The first-order valence-corrected chi connectivity index (χ1v) is 13.0. The first kappa shape index (κ1) is 25.4. The maximum absolute atomic E-state index is 13.8. The number of imide groups is 1. The number of para-hydroxylation sites is 1. The molecule has 4 atom stereocenters. The number of amides is 2. The van der Waals surface area contributed by atoms with Gasteiger partial charge in [-0.25, -0.2) is 4.39 Å². The number of anilines is 1. The zero-order chi connectivity index (χ0) is 26.1. The predicted molar refractivity (Wildman–Crippen MR) is 138 cm³/mol. The summed E-state index contributed by atoms with van der Waals surface area (Å²) in [5.74, 6) is -2.60. The summed E-state index contributed by atoms with van der Waals surface area (Å²) in [7, 11) is 0. The topological polar surface area (TPSA) is 87.1 Å². The number of aromatic hydroxyl groups is 1. The Kier molecular flexibility index (Phi) is 7.26. The standard InChI is InChI=1S/C30H32FNO5/c1-2-6-18(13-19-9-11-25(34)24(31)14-19)10-12-26-27-20(16-33)15-22-28(23(27)17-37-26)30(36)32(29(22)35)21-7-4-3-5-8-21/h3-5,7-9,11,13-14,22-23,26,28,33-34H,2,6,10,12,15-17H2,1H3/b18-13+/t22-,23+,26-,28-/m1/s1. The summed E-state index contributed by atoms with van der Waals surface area (Å²) >= 11 is 0. The molecular weight excluding hydrogens is 473 g/mol. The zero-order valence-corrected chi connectivity index (χ0v) is 20.9. The van der Waals surface area contributed by atoms with Crippen molar-refractivity contribution in [1.82, 2.24) is 0 Å². The van der Waals surface area contributed by atoms with E-state index in [0.717, 1.165) is 29.6 Å². The van der Waals surface area contributed by atoms with Crippen molar-refractivity contribution in [2.45, 2.75) is 45.1 Å². The Balaban J connectivity index is 1.36. The molecular formula is C30H32FNO5. The molecule has 194 valence electrons. The monoisotopic (exact) mass is 505 g/mol. The van der Waals surface area contributed by atoms with Crippen molar-refractivity contribution in [3.05, 3.63) is 76.6 Å². The van der Waals surface area contributed by atoms with E-state index in [1.54, 1.807) is 18.2 Å². The summed E-state index contributed by atoms with van der Waals surface area (Å²) in [6.07, 6.45) is 5.24. The van der Waals surface area contributed by atoms with Crippen LogP contribution in [0, 0.1) is 23.6 Å². The lowest BCUT2D eigenvalue weighted by molar-refractivity contribution is -0.122. The Morgan fingerprint density at radius 2 is 1.89 bits per heavy atom. The lowest BCUT2D eigenvalue weighted by Gasteiger charge is -2.31. The van der Waals surface area contributed by atoms with E-state index in [4.69, 9.17) is 4.74 Å². The Labute approximate surface area is 216 Å². The van der Waals surface area contributed by atoms with E-state index in [0.29, 0.717) is 37.1 Å². The van der Waals surface area contributed by atoms with E-state index in [9.17, 15) is 24.2 Å². The van der Waals surface area contributed by atoms with Crippen LogP contribution in [0.15, 0.2) is 65.3 Å². The van der Waals surface area contributed by atoms with Gasteiger partial charge in [-0.1, -0.05) is 49.3 Å². The number of phenolic OH excluding ortho intramolecular Hbond substituents is 1. The molecule has 2 N–H and O–H groups in total. The van der Waals surface area contributed by atoms with Crippen molar-refractivity contribution in [3.63, 3.8) is 0 Å². The zero-order valence-electron chi connectivity index (χ0n) is 20.9. The molecule has 2 aromatic carbocycles. The molecule has 37 heavy (non-hydrogen) atoms. The summed E-state index contributed by atoms with van der Waals surface area (Å²) < 4.78 is 20.0. The Morgan fingerprint density at radius 3 is 2.59 bits per heavy atom. The Hall–Kier alpha value is -3.29. The number of ether oxygens (including phenoxy) is 1. The maximum atomic E-state index is 13.8. The van der Waals surface area contributed by atoms with Crippen molar-refractivity contribution in [1.29, 1.82) is 0 Å². The number of allylic oxidation sites excluding steroid dienone is 1. The van der Waals surface area contributed by atoms with E-state index in [-0.39, 0.29) is 36.2 Å². The molecule has 2 saturated heterocycles. The summed E-state index contributed by atoms with van der Waals surface area (Å²) in [5, 5.41) is 19.7. The molecule has 0 spiro atoms. The van der Waals surface area contributed by atoms with E-state index < -0.39 is 17.7 Å². The van der Waals surface area contributed by atoms with Gasteiger partial charge in [0, 0.05) is 5.92 Å². The molecule has 6 nitrogen and oxygen atoms in total. The Bertz CT molecular complexity index is 1250. The number of benzene rings is 2. The molecule has 0 unspecified atom stereocenters. The second kappa shape index (κ2) is 10.6. The number of hydrogen-bond donors (Lipinski definition) is 2. The number of phenols is 1. The summed E-state index contributed by atoms with van der Waals surface area (Å²) in [5.41, 5.74) is 4.20. The van der Waals surface area contributed by atoms with Crippen molar-refractivity contribution in [3.8, 4) is 5.75 Å². The highest BCUT2D eigenvalue weighted by molar-refractivity contribution is 6.22. The van der Waals surface area contributed by atoms with Gasteiger partial charge in [0.15, 0.2) is 11.6 Å². The van der Waals surface area contributed by atoms with Crippen LogP contribution in [0.1, 0.15) is 44.6 Å². The van der Waals surface area contributed by atoms with Crippen molar-refractivity contribution >= 4 is 23.6 Å². The van der Waals surface area contributed by atoms with Crippen LogP contribution in [-0.4, -0.2) is 41.3 Å². The fraction of sp³-hybridized carbons (Fsp3) is 0.400. The molecule has 7 heteroatoms.